The quantitative estimate of drug-likeness (QED) is 0.844. The fourth-order valence-corrected chi connectivity index (χ4v) is 6.52. The van der Waals surface area contributed by atoms with E-state index in [-0.39, 0.29) is 0 Å². The van der Waals surface area contributed by atoms with E-state index in [2.05, 4.69) is 24.1 Å². The number of sulfone groups is 1. The number of likely N-dealkylation sites (tertiary alicyclic amines) is 1. The summed E-state index contributed by atoms with van der Waals surface area (Å²) in [5.74, 6) is 2.14. The monoisotopic (exact) mass is 342 g/mol. The van der Waals surface area contributed by atoms with Crippen molar-refractivity contribution in [2.75, 3.05) is 31.1 Å². The molecule has 2 aliphatic rings. The number of thiazole rings is 1. The lowest BCUT2D eigenvalue weighted by molar-refractivity contribution is 0.184. The van der Waals surface area contributed by atoms with Gasteiger partial charge in [-0.25, -0.2) is 13.4 Å². The Balaban J connectivity index is 1.59. The summed E-state index contributed by atoms with van der Waals surface area (Å²) in [5.41, 5.74) is 1.21. The molecule has 0 aliphatic carbocycles. The molecule has 0 N–H and O–H groups in total. The van der Waals surface area contributed by atoms with Crippen LogP contribution in [0.3, 0.4) is 0 Å². The number of rotatable bonds is 4. The van der Waals surface area contributed by atoms with E-state index in [0.717, 1.165) is 26.1 Å². The second-order valence-electron chi connectivity index (χ2n) is 7.13. The zero-order chi connectivity index (χ0) is 15.7. The highest BCUT2D eigenvalue weighted by Gasteiger charge is 2.31. The van der Waals surface area contributed by atoms with Gasteiger partial charge in [-0.15, -0.1) is 11.3 Å². The summed E-state index contributed by atoms with van der Waals surface area (Å²) in [6.45, 7) is 7.47. The first-order valence-electron chi connectivity index (χ1n) is 8.31. The Hall–Kier alpha value is -0.460. The molecule has 3 heterocycles. The van der Waals surface area contributed by atoms with Crippen LogP contribution in [0.2, 0.25) is 0 Å². The van der Waals surface area contributed by atoms with Crippen LogP contribution in [0.1, 0.15) is 55.6 Å². The van der Waals surface area contributed by atoms with Crippen LogP contribution in [0.5, 0.6) is 0 Å². The Morgan fingerprint density at radius 2 is 2.23 bits per heavy atom. The minimum absolute atomic E-state index is 0.339. The SMILES string of the molecule is CC(C)c1csc([C@@H]2CCCN(C[C@H]3CCS(=O)(=O)C3)C2)n1. The molecule has 0 radical (unpaired) electrons. The Morgan fingerprint density at radius 1 is 1.41 bits per heavy atom. The van der Waals surface area contributed by atoms with Gasteiger partial charge in [0.15, 0.2) is 9.84 Å². The van der Waals surface area contributed by atoms with Crippen molar-refractivity contribution in [1.82, 2.24) is 9.88 Å². The summed E-state index contributed by atoms with van der Waals surface area (Å²) in [7, 11) is -2.76. The van der Waals surface area contributed by atoms with Gasteiger partial charge >= 0.3 is 0 Å². The van der Waals surface area contributed by atoms with E-state index in [1.807, 2.05) is 0 Å². The third-order valence-electron chi connectivity index (χ3n) is 4.83. The molecule has 1 aromatic rings. The van der Waals surface area contributed by atoms with Crippen LogP contribution in [0.15, 0.2) is 5.38 Å². The molecule has 4 nitrogen and oxygen atoms in total. The highest BCUT2D eigenvalue weighted by molar-refractivity contribution is 7.91. The van der Waals surface area contributed by atoms with Crippen LogP contribution >= 0.6 is 11.3 Å². The Bertz CT molecular complexity index is 609. The number of aromatic nitrogens is 1. The molecule has 0 unspecified atom stereocenters. The van der Waals surface area contributed by atoms with Crippen molar-refractivity contribution in [3.63, 3.8) is 0 Å². The maximum absolute atomic E-state index is 11.6. The molecule has 0 aromatic carbocycles. The van der Waals surface area contributed by atoms with Gasteiger partial charge in [-0.3, -0.25) is 0 Å². The van der Waals surface area contributed by atoms with Gasteiger partial charge in [0.25, 0.3) is 0 Å². The molecule has 0 amide bonds. The molecule has 124 valence electrons. The van der Waals surface area contributed by atoms with Crippen LogP contribution in [0.25, 0.3) is 0 Å². The molecule has 22 heavy (non-hydrogen) atoms. The number of piperidine rings is 1. The minimum atomic E-state index is -2.76. The van der Waals surface area contributed by atoms with Gasteiger partial charge in [-0.1, -0.05) is 13.8 Å². The van der Waals surface area contributed by atoms with Crippen LogP contribution in [-0.4, -0.2) is 49.4 Å². The van der Waals surface area contributed by atoms with Crippen molar-refractivity contribution in [3.05, 3.63) is 16.1 Å². The number of hydrogen-bond donors (Lipinski definition) is 0. The summed E-state index contributed by atoms with van der Waals surface area (Å²) in [6.07, 6.45) is 3.25. The molecule has 1 aromatic heterocycles. The summed E-state index contributed by atoms with van der Waals surface area (Å²) >= 11 is 1.80. The van der Waals surface area contributed by atoms with Gasteiger partial charge in [0.2, 0.25) is 0 Å². The van der Waals surface area contributed by atoms with E-state index < -0.39 is 9.84 Å². The normalized spacial score (nSPS) is 29.2. The largest absolute Gasteiger partial charge is 0.302 e. The summed E-state index contributed by atoms with van der Waals surface area (Å²) in [6, 6.07) is 0. The summed E-state index contributed by atoms with van der Waals surface area (Å²) in [5, 5.41) is 3.47. The van der Waals surface area contributed by atoms with Gasteiger partial charge in [0, 0.05) is 24.4 Å². The standard InChI is InChI=1S/C16H26N2O2S2/c1-12(2)15-10-21-16(17-15)14-4-3-6-18(9-14)8-13-5-7-22(19,20)11-13/h10,12-14H,3-9,11H2,1-2H3/t13-,14-/m1/s1. The Morgan fingerprint density at radius 3 is 2.86 bits per heavy atom. The molecular weight excluding hydrogens is 316 g/mol. The zero-order valence-corrected chi connectivity index (χ0v) is 15.1. The predicted molar refractivity (Wildman–Crippen MR) is 91.4 cm³/mol. The zero-order valence-electron chi connectivity index (χ0n) is 13.5. The molecule has 6 heteroatoms. The Labute approximate surface area is 137 Å². The van der Waals surface area contributed by atoms with Crippen molar-refractivity contribution in [3.8, 4) is 0 Å². The minimum Gasteiger partial charge on any atom is -0.302 e. The third-order valence-corrected chi connectivity index (χ3v) is 7.69. The Kier molecular flexibility index (Phi) is 4.90. The number of nitrogens with zero attached hydrogens (tertiary/aromatic N) is 2. The first-order chi connectivity index (χ1) is 10.4. The fraction of sp³-hybridized carbons (Fsp3) is 0.812. The maximum atomic E-state index is 11.6. The molecule has 2 atom stereocenters. The van der Waals surface area contributed by atoms with Gasteiger partial charge in [-0.05, 0) is 37.6 Å². The fourth-order valence-electron chi connectivity index (χ4n) is 3.56. The van der Waals surface area contributed by atoms with Crippen LogP contribution in [-0.2, 0) is 9.84 Å². The van der Waals surface area contributed by atoms with Gasteiger partial charge in [-0.2, -0.15) is 0 Å². The van der Waals surface area contributed by atoms with E-state index >= 15 is 0 Å². The van der Waals surface area contributed by atoms with Crippen LogP contribution in [0, 0.1) is 5.92 Å². The lowest BCUT2D eigenvalue weighted by Crippen LogP contribution is -2.38. The third kappa shape index (κ3) is 3.89. The summed E-state index contributed by atoms with van der Waals surface area (Å²) in [4.78, 5) is 7.29. The molecule has 2 fully saturated rings. The van der Waals surface area contributed by atoms with E-state index in [1.165, 1.54) is 23.5 Å². The smallest absolute Gasteiger partial charge is 0.150 e. The van der Waals surface area contributed by atoms with Crippen molar-refractivity contribution >= 4 is 21.2 Å². The topological polar surface area (TPSA) is 50.3 Å². The van der Waals surface area contributed by atoms with Gasteiger partial charge in [0.05, 0.1) is 22.2 Å². The highest BCUT2D eigenvalue weighted by atomic mass is 32.2. The van der Waals surface area contributed by atoms with Crippen molar-refractivity contribution in [2.24, 2.45) is 5.92 Å². The average molecular weight is 343 g/mol. The lowest BCUT2D eigenvalue weighted by Gasteiger charge is -2.33. The van der Waals surface area contributed by atoms with Gasteiger partial charge in [0.1, 0.15) is 0 Å². The number of hydrogen-bond acceptors (Lipinski definition) is 5. The van der Waals surface area contributed by atoms with Crippen molar-refractivity contribution in [1.29, 1.82) is 0 Å². The first-order valence-corrected chi connectivity index (χ1v) is 11.0. The van der Waals surface area contributed by atoms with Crippen molar-refractivity contribution < 1.29 is 8.42 Å². The van der Waals surface area contributed by atoms with E-state index in [1.54, 1.807) is 11.3 Å². The second-order valence-corrected chi connectivity index (χ2v) is 10.3. The van der Waals surface area contributed by atoms with Crippen molar-refractivity contribution in [2.45, 2.75) is 44.9 Å². The van der Waals surface area contributed by atoms with Crippen LogP contribution in [0.4, 0.5) is 0 Å². The molecular formula is C16H26N2O2S2. The van der Waals surface area contributed by atoms with E-state index in [0.29, 0.717) is 29.3 Å². The lowest BCUT2D eigenvalue weighted by atomic mass is 9.97. The first kappa shape index (κ1) is 16.4. The van der Waals surface area contributed by atoms with E-state index in [9.17, 15) is 8.42 Å². The summed E-state index contributed by atoms with van der Waals surface area (Å²) < 4.78 is 23.2. The van der Waals surface area contributed by atoms with Gasteiger partial charge < -0.3 is 4.90 Å². The van der Waals surface area contributed by atoms with Crippen LogP contribution < -0.4 is 0 Å². The molecule has 0 spiro atoms. The maximum Gasteiger partial charge on any atom is 0.150 e. The highest BCUT2D eigenvalue weighted by Crippen LogP contribution is 2.31. The van der Waals surface area contributed by atoms with E-state index in [4.69, 9.17) is 4.98 Å². The second kappa shape index (κ2) is 6.57. The predicted octanol–water partition coefficient (Wildman–Crippen LogP) is 2.88. The molecule has 0 saturated carbocycles. The molecule has 0 bridgehead atoms. The molecule has 3 rings (SSSR count). The molecule has 2 aliphatic heterocycles. The average Bonchev–Trinajstić information content (AvgIpc) is 3.06. The molecule has 2 saturated heterocycles.